The Morgan fingerprint density at radius 2 is 2.14 bits per heavy atom. The van der Waals surface area contributed by atoms with Crippen molar-refractivity contribution in [3.63, 3.8) is 0 Å². The zero-order valence-electron chi connectivity index (χ0n) is 12.7. The van der Waals surface area contributed by atoms with Crippen LogP contribution in [-0.2, 0) is 11.2 Å². The molecule has 0 saturated carbocycles. The van der Waals surface area contributed by atoms with E-state index >= 15 is 0 Å². The van der Waals surface area contributed by atoms with Gasteiger partial charge in [-0.15, -0.1) is 0 Å². The van der Waals surface area contributed by atoms with E-state index in [1.807, 2.05) is 45.0 Å². The number of hydrogen-bond acceptors (Lipinski definition) is 3. The first kappa shape index (κ1) is 15.1. The monoisotopic (exact) mass is 287 g/mol. The maximum Gasteiger partial charge on any atom is 0.229 e. The Hall–Kier alpha value is -2.30. The topological polar surface area (TPSA) is 67.0 Å². The fourth-order valence-corrected chi connectivity index (χ4v) is 1.93. The molecule has 21 heavy (non-hydrogen) atoms. The van der Waals surface area contributed by atoms with Crippen molar-refractivity contribution in [3.05, 3.63) is 41.1 Å². The highest BCUT2D eigenvalue weighted by atomic mass is 16.5. The van der Waals surface area contributed by atoms with Crippen LogP contribution in [0.2, 0.25) is 0 Å². The summed E-state index contributed by atoms with van der Waals surface area (Å²) in [5.41, 5.74) is 3.21. The zero-order valence-corrected chi connectivity index (χ0v) is 12.7. The number of amides is 1. The molecule has 0 aliphatic heterocycles. The molecule has 112 valence electrons. The van der Waals surface area contributed by atoms with E-state index in [4.69, 9.17) is 4.74 Å². The molecule has 2 aromatic rings. The minimum atomic E-state index is -0.102. The van der Waals surface area contributed by atoms with E-state index in [1.165, 1.54) is 0 Å². The summed E-state index contributed by atoms with van der Waals surface area (Å²) in [6.45, 7) is 6.38. The van der Waals surface area contributed by atoms with Crippen LogP contribution in [0, 0.1) is 13.8 Å². The molecule has 1 heterocycles. The summed E-state index contributed by atoms with van der Waals surface area (Å²) >= 11 is 0. The Morgan fingerprint density at radius 3 is 2.86 bits per heavy atom. The number of carbonyl (C=O) groups excluding carboxylic acids is 1. The zero-order chi connectivity index (χ0) is 15.2. The Balaban J connectivity index is 1.80. The number of H-pyrrole nitrogens is 1. The fraction of sp³-hybridized carbons (Fsp3) is 0.375. The second kappa shape index (κ2) is 6.92. The van der Waals surface area contributed by atoms with Crippen LogP contribution in [0.1, 0.15) is 30.2 Å². The molecule has 1 aromatic carbocycles. The minimum absolute atomic E-state index is 0.102. The van der Waals surface area contributed by atoms with Crippen LogP contribution in [0.3, 0.4) is 0 Å². The fourth-order valence-electron chi connectivity index (χ4n) is 1.93. The van der Waals surface area contributed by atoms with Gasteiger partial charge >= 0.3 is 0 Å². The van der Waals surface area contributed by atoms with Crippen molar-refractivity contribution in [2.45, 2.75) is 33.6 Å². The first-order valence-corrected chi connectivity index (χ1v) is 7.12. The number of ether oxygens (including phenoxy) is 1. The van der Waals surface area contributed by atoms with E-state index in [9.17, 15) is 4.79 Å². The van der Waals surface area contributed by atoms with Crippen molar-refractivity contribution in [1.82, 2.24) is 10.2 Å². The molecule has 0 bridgehead atoms. The summed E-state index contributed by atoms with van der Waals surface area (Å²) in [7, 11) is 0. The highest BCUT2D eigenvalue weighted by Crippen LogP contribution is 2.19. The summed E-state index contributed by atoms with van der Waals surface area (Å²) in [5.74, 6) is 1.29. The summed E-state index contributed by atoms with van der Waals surface area (Å²) in [5, 5.41) is 9.63. The van der Waals surface area contributed by atoms with Crippen molar-refractivity contribution >= 4 is 11.7 Å². The highest BCUT2D eigenvalue weighted by Gasteiger charge is 2.07. The van der Waals surface area contributed by atoms with Gasteiger partial charge in [0.2, 0.25) is 5.91 Å². The van der Waals surface area contributed by atoms with E-state index in [1.54, 1.807) is 0 Å². The van der Waals surface area contributed by atoms with Gasteiger partial charge in [0.25, 0.3) is 0 Å². The quantitative estimate of drug-likeness (QED) is 0.858. The first-order valence-electron chi connectivity index (χ1n) is 7.12. The number of nitrogens with one attached hydrogen (secondary N) is 2. The van der Waals surface area contributed by atoms with Crippen molar-refractivity contribution in [2.75, 3.05) is 11.9 Å². The van der Waals surface area contributed by atoms with Gasteiger partial charge in [0.1, 0.15) is 5.75 Å². The molecule has 0 unspecified atom stereocenters. The Labute approximate surface area is 124 Å². The van der Waals surface area contributed by atoms with Crippen molar-refractivity contribution in [3.8, 4) is 5.75 Å². The SMILES string of the molecule is CCc1cc(NC(=O)CCOc2cc(C)ccc2C)n[nH]1. The van der Waals surface area contributed by atoms with Crippen LogP contribution in [-0.4, -0.2) is 22.7 Å². The van der Waals surface area contributed by atoms with Gasteiger partial charge in [0.05, 0.1) is 13.0 Å². The second-order valence-electron chi connectivity index (χ2n) is 5.05. The Bertz CT molecular complexity index is 620. The predicted octanol–water partition coefficient (Wildman–Crippen LogP) is 3.00. The average molecular weight is 287 g/mol. The lowest BCUT2D eigenvalue weighted by Crippen LogP contribution is -2.15. The Morgan fingerprint density at radius 1 is 1.33 bits per heavy atom. The molecular formula is C16H21N3O2. The number of rotatable bonds is 6. The number of carbonyl (C=O) groups is 1. The lowest BCUT2D eigenvalue weighted by molar-refractivity contribution is -0.116. The number of aryl methyl sites for hydroxylation is 3. The van der Waals surface area contributed by atoms with Gasteiger partial charge in [-0.2, -0.15) is 5.10 Å². The molecule has 2 N–H and O–H groups in total. The number of aromatic nitrogens is 2. The first-order chi connectivity index (χ1) is 10.1. The number of nitrogens with zero attached hydrogens (tertiary/aromatic N) is 1. The molecule has 2 rings (SSSR count). The van der Waals surface area contributed by atoms with Gasteiger partial charge in [-0.25, -0.2) is 0 Å². The molecule has 0 atom stereocenters. The third-order valence-corrected chi connectivity index (χ3v) is 3.21. The number of aromatic amines is 1. The predicted molar refractivity (Wildman–Crippen MR) is 82.6 cm³/mol. The smallest absolute Gasteiger partial charge is 0.229 e. The molecule has 0 fully saturated rings. The van der Waals surface area contributed by atoms with E-state index < -0.39 is 0 Å². The van der Waals surface area contributed by atoms with Gasteiger partial charge in [0.15, 0.2) is 5.82 Å². The van der Waals surface area contributed by atoms with E-state index in [2.05, 4.69) is 15.5 Å². The minimum Gasteiger partial charge on any atom is -0.493 e. The summed E-state index contributed by atoms with van der Waals surface area (Å²) in [6, 6.07) is 7.87. The van der Waals surface area contributed by atoms with E-state index in [0.717, 1.165) is 29.0 Å². The second-order valence-corrected chi connectivity index (χ2v) is 5.05. The van der Waals surface area contributed by atoms with Gasteiger partial charge in [-0.1, -0.05) is 19.1 Å². The maximum atomic E-state index is 11.8. The van der Waals surface area contributed by atoms with Crippen molar-refractivity contribution in [2.24, 2.45) is 0 Å². The molecule has 0 radical (unpaired) electrons. The maximum absolute atomic E-state index is 11.8. The molecule has 5 heteroatoms. The van der Waals surface area contributed by atoms with Gasteiger partial charge < -0.3 is 10.1 Å². The van der Waals surface area contributed by atoms with Crippen molar-refractivity contribution in [1.29, 1.82) is 0 Å². The summed E-state index contributed by atoms with van der Waals surface area (Å²) < 4.78 is 5.66. The van der Waals surface area contributed by atoms with Crippen LogP contribution in [0.4, 0.5) is 5.82 Å². The third kappa shape index (κ3) is 4.34. The summed E-state index contributed by atoms with van der Waals surface area (Å²) in [4.78, 5) is 11.8. The van der Waals surface area contributed by atoms with Crippen LogP contribution >= 0.6 is 0 Å². The van der Waals surface area contributed by atoms with Crippen LogP contribution in [0.5, 0.6) is 5.75 Å². The van der Waals surface area contributed by atoms with Gasteiger partial charge in [-0.05, 0) is 37.5 Å². The third-order valence-electron chi connectivity index (χ3n) is 3.21. The molecule has 0 aliphatic rings. The van der Waals surface area contributed by atoms with Crippen LogP contribution in [0.15, 0.2) is 24.3 Å². The van der Waals surface area contributed by atoms with Gasteiger partial charge in [0, 0.05) is 11.8 Å². The molecule has 0 spiro atoms. The van der Waals surface area contributed by atoms with E-state index in [0.29, 0.717) is 18.8 Å². The number of hydrogen-bond donors (Lipinski definition) is 2. The lowest BCUT2D eigenvalue weighted by atomic mass is 10.1. The molecular weight excluding hydrogens is 266 g/mol. The molecule has 0 aliphatic carbocycles. The normalized spacial score (nSPS) is 10.4. The van der Waals surface area contributed by atoms with Crippen LogP contribution < -0.4 is 10.1 Å². The Kier molecular flexibility index (Phi) is 4.98. The molecule has 1 amide bonds. The molecule has 1 aromatic heterocycles. The number of anilines is 1. The molecule has 0 saturated heterocycles. The lowest BCUT2D eigenvalue weighted by Gasteiger charge is -2.09. The summed E-state index contributed by atoms with van der Waals surface area (Å²) in [6.07, 6.45) is 1.15. The van der Waals surface area contributed by atoms with Gasteiger partial charge in [-0.3, -0.25) is 9.89 Å². The van der Waals surface area contributed by atoms with Crippen LogP contribution in [0.25, 0.3) is 0 Å². The standard InChI is InChI=1S/C16H21N3O2/c1-4-13-10-15(19-18-13)17-16(20)7-8-21-14-9-11(2)5-6-12(14)3/h5-6,9-10H,4,7-8H2,1-3H3,(H2,17,18,19,20). The van der Waals surface area contributed by atoms with Crippen molar-refractivity contribution < 1.29 is 9.53 Å². The van der Waals surface area contributed by atoms with E-state index in [-0.39, 0.29) is 5.91 Å². The molecule has 5 nitrogen and oxygen atoms in total. The highest BCUT2D eigenvalue weighted by molar-refractivity contribution is 5.89. The average Bonchev–Trinajstić information content (AvgIpc) is 2.90. The largest absolute Gasteiger partial charge is 0.493 e. The number of benzene rings is 1.